The van der Waals surface area contributed by atoms with Gasteiger partial charge in [-0.1, -0.05) is 0 Å². The molecule has 0 aliphatic rings. The van der Waals surface area contributed by atoms with E-state index in [0.29, 0.717) is 25.7 Å². The second kappa shape index (κ2) is 9.55. The van der Waals surface area contributed by atoms with Crippen molar-refractivity contribution in [3.63, 3.8) is 0 Å². The Morgan fingerprint density at radius 2 is 1.75 bits per heavy atom. The number of hydrogen-bond acceptors (Lipinski definition) is 3. The molecule has 0 spiro atoms. The van der Waals surface area contributed by atoms with E-state index in [4.69, 9.17) is 37.8 Å². The number of aliphatic hydroxyl groups excluding tert-OH is 1. The maximum Gasteiger partial charge on any atom is 0.0908 e. The summed E-state index contributed by atoms with van der Waals surface area (Å²) in [6.45, 7) is 1.75. The normalized spacial score (nSPS) is 13.2. The predicted molar refractivity (Wildman–Crippen MR) is 49.1 cm³/mol. The lowest BCUT2D eigenvalue weighted by Crippen LogP contribution is -2.18. The van der Waals surface area contributed by atoms with Gasteiger partial charge in [-0.3, -0.25) is 0 Å². The molecule has 0 heterocycles. The van der Waals surface area contributed by atoms with Crippen LogP contribution >= 0.6 is 23.2 Å². The van der Waals surface area contributed by atoms with E-state index >= 15 is 0 Å². The van der Waals surface area contributed by atoms with Crippen molar-refractivity contribution >= 4 is 23.2 Å². The van der Waals surface area contributed by atoms with Crippen molar-refractivity contribution in [3.05, 3.63) is 0 Å². The van der Waals surface area contributed by atoms with Gasteiger partial charge in [0.05, 0.1) is 38.4 Å². The number of ether oxygens (including phenoxy) is 2. The highest BCUT2D eigenvalue weighted by Crippen LogP contribution is 1.89. The molecule has 0 aliphatic heterocycles. The van der Waals surface area contributed by atoms with Gasteiger partial charge in [-0.15, -0.1) is 23.2 Å². The van der Waals surface area contributed by atoms with Crippen molar-refractivity contribution < 1.29 is 14.6 Å². The van der Waals surface area contributed by atoms with E-state index in [0.717, 1.165) is 0 Å². The number of alkyl halides is 2. The Labute approximate surface area is 82.6 Å². The van der Waals surface area contributed by atoms with Crippen molar-refractivity contribution in [3.8, 4) is 0 Å². The average molecular weight is 217 g/mol. The smallest absolute Gasteiger partial charge is 0.0908 e. The first-order chi connectivity index (χ1) is 5.81. The zero-order valence-corrected chi connectivity index (χ0v) is 8.35. The van der Waals surface area contributed by atoms with E-state index in [2.05, 4.69) is 0 Å². The van der Waals surface area contributed by atoms with Crippen molar-refractivity contribution in [2.24, 2.45) is 0 Å². The fraction of sp³-hybridized carbons (Fsp3) is 1.00. The van der Waals surface area contributed by atoms with Crippen LogP contribution in [0, 0.1) is 0 Å². The molecule has 1 atom stereocenters. The summed E-state index contributed by atoms with van der Waals surface area (Å²) >= 11 is 10.7. The summed E-state index contributed by atoms with van der Waals surface area (Å²) < 4.78 is 10.1. The summed E-state index contributed by atoms with van der Waals surface area (Å²) in [7, 11) is 0. The molecule has 3 nitrogen and oxygen atoms in total. The van der Waals surface area contributed by atoms with Crippen LogP contribution in [0.1, 0.15) is 0 Å². The Morgan fingerprint density at radius 3 is 2.33 bits per heavy atom. The van der Waals surface area contributed by atoms with Gasteiger partial charge in [-0.2, -0.15) is 0 Å². The van der Waals surface area contributed by atoms with Crippen LogP contribution in [-0.4, -0.2) is 49.4 Å². The van der Waals surface area contributed by atoms with Crippen LogP contribution in [0.4, 0.5) is 0 Å². The molecule has 0 aromatic rings. The summed E-state index contributed by atoms with van der Waals surface area (Å²) in [6, 6.07) is 0. The standard InChI is InChI=1S/C7H14Cl2O3/c8-1-2-11-3-4-12-6-7(10)5-9/h7,10H,1-6H2/t7-/m1/s1. The van der Waals surface area contributed by atoms with E-state index in [9.17, 15) is 0 Å². The summed E-state index contributed by atoms with van der Waals surface area (Å²) in [6.07, 6.45) is -0.584. The van der Waals surface area contributed by atoms with Gasteiger partial charge in [-0.05, 0) is 0 Å². The SMILES string of the molecule is O[C@H](CCl)COCCOCCCl. The Kier molecular flexibility index (Phi) is 9.91. The second-order valence-corrected chi connectivity index (χ2v) is 2.87. The zero-order valence-electron chi connectivity index (χ0n) is 6.84. The lowest BCUT2D eigenvalue weighted by Gasteiger charge is -2.07. The lowest BCUT2D eigenvalue weighted by molar-refractivity contribution is 0.0134. The molecule has 0 bridgehead atoms. The average Bonchev–Trinajstić information content (AvgIpc) is 2.10. The molecule has 0 aromatic carbocycles. The van der Waals surface area contributed by atoms with E-state index in [1.165, 1.54) is 0 Å². The Bertz CT molecular complexity index is 92.7. The number of hydrogen-bond donors (Lipinski definition) is 1. The van der Waals surface area contributed by atoms with Crippen molar-refractivity contribution in [2.75, 3.05) is 38.2 Å². The fourth-order valence-corrected chi connectivity index (χ4v) is 0.737. The zero-order chi connectivity index (χ0) is 9.23. The van der Waals surface area contributed by atoms with Crippen LogP contribution in [0.3, 0.4) is 0 Å². The minimum absolute atomic E-state index is 0.197. The third kappa shape index (κ3) is 8.56. The first-order valence-corrected chi connectivity index (χ1v) is 4.83. The third-order valence-electron chi connectivity index (χ3n) is 1.08. The van der Waals surface area contributed by atoms with Crippen LogP contribution in [0.15, 0.2) is 0 Å². The van der Waals surface area contributed by atoms with Gasteiger partial charge < -0.3 is 14.6 Å². The number of aliphatic hydroxyl groups is 1. The number of rotatable bonds is 8. The highest BCUT2D eigenvalue weighted by Gasteiger charge is 2.00. The molecule has 0 aromatic heterocycles. The molecule has 74 valence electrons. The Morgan fingerprint density at radius 1 is 1.08 bits per heavy atom. The molecule has 1 N–H and O–H groups in total. The Balaban J connectivity index is 2.90. The van der Waals surface area contributed by atoms with Gasteiger partial charge in [0.2, 0.25) is 0 Å². The summed E-state index contributed by atoms with van der Waals surface area (Å²) in [5, 5.41) is 8.94. The first-order valence-electron chi connectivity index (χ1n) is 3.76. The predicted octanol–water partition coefficient (Wildman–Crippen LogP) is 0.858. The van der Waals surface area contributed by atoms with Crippen LogP contribution < -0.4 is 0 Å². The molecule has 5 heteroatoms. The molecule has 12 heavy (non-hydrogen) atoms. The molecule has 0 saturated carbocycles. The summed E-state index contributed by atoms with van der Waals surface area (Å²) in [5.41, 5.74) is 0. The Hall–Kier alpha value is 0.460. The highest BCUT2D eigenvalue weighted by atomic mass is 35.5. The van der Waals surface area contributed by atoms with Gasteiger partial charge in [0.15, 0.2) is 0 Å². The fourth-order valence-electron chi connectivity index (χ4n) is 0.538. The molecule has 0 amide bonds. The molecular formula is C7H14Cl2O3. The number of halogens is 2. The van der Waals surface area contributed by atoms with Gasteiger partial charge in [-0.25, -0.2) is 0 Å². The first kappa shape index (κ1) is 12.5. The molecular weight excluding hydrogens is 203 g/mol. The van der Waals surface area contributed by atoms with Crippen LogP contribution in [0.2, 0.25) is 0 Å². The van der Waals surface area contributed by atoms with E-state index in [1.54, 1.807) is 0 Å². The van der Waals surface area contributed by atoms with Crippen molar-refractivity contribution in [1.29, 1.82) is 0 Å². The molecule has 0 saturated heterocycles. The second-order valence-electron chi connectivity index (χ2n) is 2.18. The summed E-state index contributed by atoms with van der Waals surface area (Å²) in [4.78, 5) is 0. The minimum atomic E-state index is -0.584. The quantitative estimate of drug-likeness (QED) is 0.484. The topological polar surface area (TPSA) is 38.7 Å². The van der Waals surface area contributed by atoms with Gasteiger partial charge >= 0.3 is 0 Å². The highest BCUT2D eigenvalue weighted by molar-refractivity contribution is 6.18. The van der Waals surface area contributed by atoms with Crippen molar-refractivity contribution in [1.82, 2.24) is 0 Å². The van der Waals surface area contributed by atoms with Crippen LogP contribution in [-0.2, 0) is 9.47 Å². The minimum Gasteiger partial charge on any atom is -0.389 e. The van der Waals surface area contributed by atoms with Gasteiger partial charge in [0.25, 0.3) is 0 Å². The molecule has 0 fully saturated rings. The van der Waals surface area contributed by atoms with Gasteiger partial charge in [0, 0.05) is 5.88 Å². The van der Waals surface area contributed by atoms with Crippen molar-refractivity contribution in [2.45, 2.75) is 6.10 Å². The van der Waals surface area contributed by atoms with Crippen LogP contribution in [0.5, 0.6) is 0 Å². The van der Waals surface area contributed by atoms with E-state index < -0.39 is 6.10 Å². The molecule has 0 rings (SSSR count). The third-order valence-corrected chi connectivity index (χ3v) is 1.59. The monoisotopic (exact) mass is 216 g/mol. The molecule has 0 aliphatic carbocycles. The van der Waals surface area contributed by atoms with E-state index in [-0.39, 0.29) is 12.5 Å². The lowest BCUT2D eigenvalue weighted by atomic mass is 10.4. The van der Waals surface area contributed by atoms with Gasteiger partial charge in [0.1, 0.15) is 0 Å². The maximum absolute atomic E-state index is 8.94. The van der Waals surface area contributed by atoms with Crippen LogP contribution in [0.25, 0.3) is 0 Å². The molecule has 0 radical (unpaired) electrons. The maximum atomic E-state index is 8.94. The largest absolute Gasteiger partial charge is 0.389 e. The molecule has 0 unspecified atom stereocenters. The van der Waals surface area contributed by atoms with E-state index in [1.807, 2.05) is 0 Å². The summed E-state index contributed by atoms with van der Waals surface area (Å²) in [5.74, 6) is 0.687.